The number of hydrogen-bond donors (Lipinski definition) is 1. The van der Waals surface area contributed by atoms with E-state index in [0.717, 1.165) is 12.1 Å². The zero-order valence-corrected chi connectivity index (χ0v) is 11.1. The number of anilines is 1. The number of hydrogen-bond acceptors (Lipinski definition) is 2. The van der Waals surface area contributed by atoms with Crippen LogP contribution in [0.1, 0.15) is 39.2 Å². The molecular weight excluding hydrogens is 212 g/mol. The van der Waals surface area contributed by atoms with Crippen molar-refractivity contribution >= 4 is 11.6 Å². The molecule has 0 fully saturated rings. The van der Waals surface area contributed by atoms with Crippen LogP contribution in [0.5, 0.6) is 0 Å². The zero-order valence-electron chi connectivity index (χ0n) is 11.1. The molecular formula is C14H22N2O. The Labute approximate surface area is 104 Å². The van der Waals surface area contributed by atoms with Gasteiger partial charge >= 0.3 is 0 Å². The molecule has 1 unspecified atom stereocenters. The van der Waals surface area contributed by atoms with E-state index < -0.39 is 0 Å². The number of carbonyl (C=O) groups excluding carboxylic acids is 1. The van der Waals surface area contributed by atoms with Crippen LogP contribution in [0.15, 0.2) is 24.3 Å². The minimum absolute atomic E-state index is 0.138. The molecule has 1 amide bonds. The molecule has 0 spiro atoms. The van der Waals surface area contributed by atoms with Gasteiger partial charge in [-0.25, -0.2) is 0 Å². The van der Waals surface area contributed by atoms with Crippen molar-refractivity contribution in [1.29, 1.82) is 0 Å². The standard InChI is InChI=1S/C14H22N2O/c1-5-16(10(2)3)14(17)11(4)12-7-6-8-13(15)9-12/h6-11H,5,15H2,1-4H3. The van der Waals surface area contributed by atoms with E-state index in [4.69, 9.17) is 5.73 Å². The molecule has 1 aromatic carbocycles. The zero-order chi connectivity index (χ0) is 13.0. The van der Waals surface area contributed by atoms with Crippen molar-refractivity contribution in [2.75, 3.05) is 12.3 Å². The molecule has 0 bridgehead atoms. The molecule has 1 aromatic rings. The molecule has 2 N–H and O–H groups in total. The third-order valence-corrected chi connectivity index (χ3v) is 3.03. The number of nitrogens with zero attached hydrogens (tertiary/aromatic N) is 1. The molecule has 0 heterocycles. The van der Waals surface area contributed by atoms with E-state index in [-0.39, 0.29) is 17.9 Å². The minimum Gasteiger partial charge on any atom is -0.399 e. The average molecular weight is 234 g/mol. The highest BCUT2D eigenvalue weighted by atomic mass is 16.2. The minimum atomic E-state index is -0.138. The highest BCUT2D eigenvalue weighted by molar-refractivity contribution is 5.83. The quantitative estimate of drug-likeness (QED) is 0.814. The number of nitrogens with two attached hydrogens (primary N) is 1. The lowest BCUT2D eigenvalue weighted by Gasteiger charge is -2.28. The largest absolute Gasteiger partial charge is 0.399 e. The summed E-state index contributed by atoms with van der Waals surface area (Å²) in [5.41, 5.74) is 7.42. The van der Waals surface area contributed by atoms with Crippen molar-refractivity contribution < 1.29 is 4.79 Å². The third-order valence-electron chi connectivity index (χ3n) is 3.03. The van der Waals surface area contributed by atoms with Crippen LogP contribution in [0.2, 0.25) is 0 Å². The van der Waals surface area contributed by atoms with Crippen LogP contribution < -0.4 is 5.73 Å². The van der Waals surface area contributed by atoms with Crippen molar-refractivity contribution in [3.63, 3.8) is 0 Å². The van der Waals surface area contributed by atoms with Gasteiger partial charge in [-0.15, -0.1) is 0 Å². The lowest BCUT2D eigenvalue weighted by Crippen LogP contribution is -2.39. The van der Waals surface area contributed by atoms with Crippen LogP contribution in [0.25, 0.3) is 0 Å². The predicted octanol–water partition coefficient (Wildman–Crippen LogP) is 2.63. The lowest BCUT2D eigenvalue weighted by atomic mass is 9.98. The second kappa shape index (κ2) is 5.71. The first-order chi connectivity index (χ1) is 7.97. The molecule has 0 aliphatic carbocycles. The van der Waals surface area contributed by atoms with Crippen LogP contribution >= 0.6 is 0 Å². The summed E-state index contributed by atoms with van der Waals surface area (Å²) in [6.07, 6.45) is 0. The number of benzene rings is 1. The first-order valence-electron chi connectivity index (χ1n) is 6.13. The van der Waals surface area contributed by atoms with Gasteiger partial charge in [0.2, 0.25) is 5.91 Å². The second-order valence-corrected chi connectivity index (χ2v) is 4.61. The molecule has 94 valence electrons. The van der Waals surface area contributed by atoms with E-state index in [0.29, 0.717) is 5.69 Å². The van der Waals surface area contributed by atoms with Gasteiger partial charge in [-0.05, 0) is 45.4 Å². The van der Waals surface area contributed by atoms with Gasteiger partial charge < -0.3 is 10.6 Å². The number of carbonyl (C=O) groups is 1. The smallest absolute Gasteiger partial charge is 0.230 e. The fourth-order valence-corrected chi connectivity index (χ4v) is 2.00. The summed E-state index contributed by atoms with van der Waals surface area (Å²) in [6, 6.07) is 7.78. The van der Waals surface area contributed by atoms with E-state index in [9.17, 15) is 4.79 Å². The topological polar surface area (TPSA) is 46.3 Å². The Hall–Kier alpha value is -1.51. The van der Waals surface area contributed by atoms with Gasteiger partial charge in [0.05, 0.1) is 5.92 Å². The van der Waals surface area contributed by atoms with Crippen molar-refractivity contribution in [2.45, 2.75) is 39.7 Å². The molecule has 1 atom stereocenters. The Morgan fingerprint density at radius 1 is 1.35 bits per heavy atom. The average Bonchev–Trinajstić information content (AvgIpc) is 2.28. The SMILES string of the molecule is CCN(C(=O)C(C)c1cccc(N)c1)C(C)C. The Morgan fingerprint density at radius 2 is 2.00 bits per heavy atom. The summed E-state index contributed by atoms with van der Waals surface area (Å²) in [4.78, 5) is 14.2. The van der Waals surface area contributed by atoms with Crippen molar-refractivity contribution in [3.8, 4) is 0 Å². The molecule has 17 heavy (non-hydrogen) atoms. The van der Waals surface area contributed by atoms with Gasteiger partial charge in [-0.3, -0.25) is 4.79 Å². The number of rotatable bonds is 4. The first kappa shape index (κ1) is 13.6. The predicted molar refractivity (Wildman–Crippen MR) is 71.8 cm³/mol. The summed E-state index contributed by atoms with van der Waals surface area (Å²) in [7, 11) is 0. The number of likely N-dealkylation sites (N-methyl/N-ethyl adjacent to an activating group) is 1. The maximum Gasteiger partial charge on any atom is 0.230 e. The molecule has 1 rings (SSSR count). The van der Waals surface area contributed by atoms with E-state index in [1.54, 1.807) is 0 Å². The maximum absolute atomic E-state index is 12.3. The normalized spacial score (nSPS) is 12.5. The fraction of sp³-hybridized carbons (Fsp3) is 0.500. The molecule has 0 saturated carbocycles. The van der Waals surface area contributed by atoms with Gasteiger partial charge in [0.25, 0.3) is 0 Å². The van der Waals surface area contributed by atoms with Crippen LogP contribution in [-0.4, -0.2) is 23.4 Å². The highest BCUT2D eigenvalue weighted by Gasteiger charge is 2.22. The Kier molecular flexibility index (Phi) is 4.55. The fourth-order valence-electron chi connectivity index (χ4n) is 2.00. The van der Waals surface area contributed by atoms with E-state index in [2.05, 4.69) is 0 Å². The number of amides is 1. The van der Waals surface area contributed by atoms with E-state index in [1.165, 1.54) is 0 Å². The maximum atomic E-state index is 12.3. The Morgan fingerprint density at radius 3 is 2.47 bits per heavy atom. The summed E-state index contributed by atoms with van der Waals surface area (Å²) in [6.45, 7) is 8.75. The van der Waals surface area contributed by atoms with Crippen molar-refractivity contribution in [3.05, 3.63) is 29.8 Å². The molecule has 0 aliphatic rings. The Balaban J connectivity index is 2.89. The summed E-state index contributed by atoms with van der Waals surface area (Å²) in [5, 5.41) is 0. The Bertz CT molecular complexity index is 388. The third kappa shape index (κ3) is 3.22. The molecule has 0 aliphatic heterocycles. The summed E-state index contributed by atoms with van der Waals surface area (Å²) >= 11 is 0. The van der Waals surface area contributed by atoms with Gasteiger partial charge in [0.15, 0.2) is 0 Å². The second-order valence-electron chi connectivity index (χ2n) is 4.61. The monoisotopic (exact) mass is 234 g/mol. The van der Waals surface area contributed by atoms with E-state index in [1.807, 2.05) is 56.9 Å². The highest BCUT2D eigenvalue weighted by Crippen LogP contribution is 2.21. The van der Waals surface area contributed by atoms with E-state index >= 15 is 0 Å². The van der Waals surface area contributed by atoms with Crippen molar-refractivity contribution in [2.24, 2.45) is 0 Å². The van der Waals surface area contributed by atoms with Gasteiger partial charge in [-0.2, -0.15) is 0 Å². The lowest BCUT2D eigenvalue weighted by molar-refractivity contribution is -0.133. The van der Waals surface area contributed by atoms with Gasteiger partial charge in [-0.1, -0.05) is 12.1 Å². The number of nitrogen functional groups attached to an aromatic ring is 1. The van der Waals surface area contributed by atoms with Gasteiger partial charge in [0.1, 0.15) is 0 Å². The van der Waals surface area contributed by atoms with Crippen LogP contribution in [0.3, 0.4) is 0 Å². The first-order valence-corrected chi connectivity index (χ1v) is 6.13. The summed E-state index contributed by atoms with van der Waals surface area (Å²) < 4.78 is 0. The van der Waals surface area contributed by atoms with Crippen LogP contribution in [-0.2, 0) is 4.79 Å². The van der Waals surface area contributed by atoms with Gasteiger partial charge in [0, 0.05) is 18.3 Å². The van der Waals surface area contributed by atoms with Crippen LogP contribution in [0, 0.1) is 0 Å². The van der Waals surface area contributed by atoms with Crippen molar-refractivity contribution in [1.82, 2.24) is 4.90 Å². The molecule has 0 aromatic heterocycles. The molecule has 3 heteroatoms. The summed E-state index contributed by atoms with van der Waals surface area (Å²) in [5.74, 6) is 0.0222. The molecule has 0 saturated heterocycles. The molecule has 0 radical (unpaired) electrons. The van der Waals surface area contributed by atoms with Crippen LogP contribution in [0.4, 0.5) is 5.69 Å². The molecule has 3 nitrogen and oxygen atoms in total.